The number of aryl methyl sites for hydroxylation is 1. The molecule has 6 nitrogen and oxygen atoms in total. The van der Waals surface area contributed by atoms with Crippen molar-refractivity contribution in [1.82, 2.24) is 5.48 Å². The number of halogens is 6. The van der Waals surface area contributed by atoms with Crippen LogP contribution in [0.1, 0.15) is 64.7 Å². The van der Waals surface area contributed by atoms with Crippen LogP contribution in [0.4, 0.5) is 26.3 Å². The number of primary amides is 1. The van der Waals surface area contributed by atoms with Crippen LogP contribution in [0.15, 0.2) is 42.0 Å². The molecular formula is C25H24F6N2O4. The smallest absolute Gasteiger partial charge is 0.370 e. The fourth-order valence-corrected chi connectivity index (χ4v) is 3.80. The van der Waals surface area contributed by atoms with Crippen LogP contribution in [0.25, 0.3) is 6.08 Å². The van der Waals surface area contributed by atoms with Crippen molar-refractivity contribution in [2.24, 2.45) is 5.73 Å². The predicted molar refractivity (Wildman–Crippen MR) is 121 cm³/mol. The first-order valence-electron chi connectivity index (χ1n) is 11.4. The number of carbonyl (C=O) groups excluding carboxylic acids is 2. The first kappa shape index (κ1) is 28.2. The number of rotatable bonds is 10. The minimum Gasteiger partial charge on any atom is -0.370 e. The fraction of sp³-hybridized carbons (Fsp3) is 0.360. The molecule has 0 atom stereocenters. The van der Waals surface area contributed by atoms with E-state index in [4.69, 9.17) is 15.6 Å². The lowest BCUT2D eigenvalue weighted by Crippen LogP contribution is -2.19. The van der Waals surface area contributed by atoms with Gasteiger partial charge in [-0.25, -0.2) is 0 Å². The van der Waals surface area contributed by atoms with Crippen molar-refractivity contribution < 1.29 is 45.8 Å². The highest BCUT2D eigenvalue weighted by Crippen LogP contribution is 2.37. The van der Waals surface area contributed by atoms with Gasteiger partial charge in [0.1, 0.15) is 0 Å². The molecule has 0 unspecified atom stereocenters. The summed E-state index contributed by atoms with van der Waals surface area (Å²) in [4.78, 5) is 33.6. The zero-order valence-electron chi connectivity index (χ0n) is 19.5. The van der Waals surface area contributed by atoms with E-state index in [2.05, 4.69) is 5.48 Å². The molecule has 200 valence electrons. The van der Waals surface area contributed by atoms with Crippen molar-refractivity contribution in [2.75, 3.05) is 6.54 Å². The third-order valence-corrected chi connectivity index (χ3v) is 5.63. The molecule has 1 aliphatic rings. The maximum Gasteiger partial charge on any atom is 0.416 e. The summed E-state index contributed by atoms with van der Waals surface area (Å²) in [5.74, 6) is -0.547. The lowest BCUT2D eigenvalue weighted by atomic mass is 9.85. The molecule has 0 heterocycles. The number of ketones is 1. The molecule has 0 saturated carbocycles. The first-order valence-corrected chi connectivity index (χ1v) is 11.4. The molecular weight excluding hydrogens is 506 g/mol. The highest BCUT2D eigenvalue weighted by Gasteiger charge is 2.37. The number of alkyl halides is 6. The number of benzene rings is 2. The molecule has 0 aromatic heterocycles. The largest absolute Gasteiger partial charge is 0.416 e. The Labute approximate surface area is 208 Å². The number of hydrogen-bond acceptors (Lipinski definition) is 5. The number of Topliss-reactive ketones (excluding diaryl/α,β-unsaturated/α-hetero) is 1. The number of carbonyl (C=O) groups is 2. The number of allylic oxidation sites excluding steroid dienone is 1. The standard InChI is InChI=1S/C25H24F6N2O4/c26-24(27,28)18-11-15(12-19(14-18)25(29,30)31)10-17-6-5-16-13-20(7-8-21(16)23(17)35)36-37-33-9-3-1-2-4-22(32)34/h7-8,10-14,33H,1-6,9H2,(H2,32,34)/b17-10+. The molecule has 0 saturated heterocycles. The molecule has 2 aromatic carbocycles. The Kier molecular flexibility index (Phi) is 8.98. The molecule has 2 aromatic rings. The molecule has 0 bridgehead atoms. The average Bonchev–Trinajstić information content (AvgIpc) is 2.81. The highest BCUT2D eigenvalue weighted by atomic mass is 19.4. The van der Waals surface area contributed by atoms with Crippen LogP contribution in [0, 0.1) is 0 Å². The number of fused-ring (bicyclic) bond motifs is 1. The van der Waals surface area contributed by atoms with Gasteiger partial charge in [-0.3, -0.25) is 9.59 Å². The second-order valence-electron chi connectivity index (χ2n) is 8.49. The number of unbranched alkanes of at least 4 members (excludes halogenated alkanes) is 2. The van der Waals surface area contributed by atoms with Crippen molar-refractivity contribution in [3.63, 3.8) is 0 Å². The molecule has 3 N–H and O–H groups in total. The van der Waals surface area contributed by atoms with E-state index >= 15 is 0 Å². The van der Waals surface area contributed by atoms with Gasteiger partial charge in [0.05, 0.1) is 11.1 Å². The van der Waals surface area contributed by atoms with Crippen LogP contribution in [-0.2, 0) is 28.6 Å². The van der Waals surface area contributed by atoms with E-state index in [0.717, 1.165) is 18.9 Å². The van der Waals surface area contributed by atoms with Crippen LogP contribution < -0.4 is 16.1 Å². The summed E-state index contributed by atoms with van der Waals surface area (Å²) in [6, 6.07) is 5.71. The lowest BCUT2D eigenvalue weighted by Gasteiger charge is -2.19. The van der Waals surface area contributed by atoms with Crippen molar-refractivity contribution in [2.45, 2.75) is 50.9 Å². The van der Waals surface area contributed by atoms with Gasteiger partial charge in [-0.1, -0.05) is 11.4 Å². The van der Waals surface area contributed by atoms with E-state index < -0.39 is 29.3 Å². The summed E-state index contributed by atoms with van der Waals surface area (Å²) in [5, 5.41) is 0. The number of hydroxylamine groups is 1. The Morgan fingerprint density at radius 3 is 2.24 bits per heavy atom. The number of amides is 1. The topological polar surface area (TPSA) is 90.7 Å². The van der Waals surface area contributed by atoms with Gasteiger partial charge in [0.15, 0.2) is 11.5 Å². The summed E-state index contributed by atoms with van der Waals surface area (Å²) < 4.78 is 78.8. The third-order valence-electron chi connectivity index (χ3n) is 5.63. The molecule has 0 aliphatic heterocycles. The Morgan fingerprint density at radius 1 is 0.946 bits per heavy atom. The van der Waals surface area contributed by atoms with Gasteiger partial charge >= 0.3 is 12.4 Å². The van der Waals surface area contributed by atoms with Gasteiger partial charge < -0.3 is 10.6 Å². The molecule has 0 fully saturated rings. The SMILES string of the molecule is NC(=O)CCCCCNOOc1ccc2c(c1)CC/C(=C\c1cc(C(F)(F)F)cc(C(F)(F)F)c1)C2=O. The summed E-state index contributed by atoms with van der Waals surface area (Å²) in [5.41, 5.74) is 5.39. The first-order chi connectivity index (χ1) is 17.3. The van der Waals surface area contributed by atoms with E-state index in [0.29, 0.717) is 49.3 Å². The van der Waals surface area contributed by atoms with Crippen molar-refractivity contribution in [3.05, 3.63) is 69.8 Å². The van der Waals surface area contributed by atoms with Crippen molar-refractivity contribution >= 4 is 17.8 Å². The molecule has 3 rings (SSSR count). The van der Waals surface area contributed by atoms with Crippen LogP contribution in [0.2, 0.25) is 0 Å². The number of nitrogens with two attached hydrogens (primary N) is 1. The maximum atomic E-state index is 13.1. The molecule has 1 amide bonds. The summed E-state index contributed by atoms with van der Waals surface area (Å²) >= 11 is 0. The zero-order chi connectivity index (χ0) is 27.2. The quantitative estimate of drug-likeness (QED) is 0.133. The zero-order valence-corrected chi connectivity index (χ0v) is 19.5. The van der Waals surface area contributed by atoms with E-state index in [-0.39, 0.29) is 35.1 Å². The number of nitrogens with one attached hydrogen (secondary N) is 1. The van der Waals surface area contributed by atoms with Crippen LogP contribution in [-0.4, -0.2) is 18.2 Å². The Hall–Kier alpha value is -3.38. The predicted octanol–water partition coefficient (Wildman–Crippen LogP) is 5.80. The van der Waals surface area contributed by atoms with E-state index in [1.54, 1.807) is 6.07 Å². The highest BCUT2D eigenvalue weighted by molar-refractivity contribution is 6.13. The average molecular weight is 530 g/mol. The summed E-state index contributed by atoms with van der Waals surface area (Å²) in [6.07, 6.45) is -5.96. The molecule has 0 radical (unpaired) electrons. The Bertz CT molecular complexity index is 1140. The van der Waals surface area contributed by atoms with Gasteiger partial charge in [-0.15, -0.1) is 0 Å². The summed E-state index contributed by atoms with van der Waals surface area (Å²) in [6.45, 7) is 0.460. The second kappa shape index (κ2) is 11.8. The molecule has 37 heavy (non-hydrogen) atoms. The van der Waals surface area contributed by atoms with Crippen LogP contribution >= 0.6 is 0 Å². The van der Waals surface area contributed by atoms with Gasteiger partial charge in [-0.05, 0) is 79.3 Å². The van der Waals surface area contributed by atoms with E-state index in [1.165, 1.54) is 12.1 Å². The minimum absolute atomic E-state index is 0.0441. The van der Waals surface area contributed by atoms with Gasteiger partial charge in [0, 0.05) is 24.1 Å². The molecule has 12 heteroatoms. The third kappa shape index (κ3) is 8.05. The fourth-order valence-electron chi connectivity index (χ4n) is 3.80. The monoisotopic (exact) mass is 530 g/mol. The lowest BCUT2D eigenvalue weighted by molar-refractivity contribution is -0.257. The van der Waals surface area contributed by atoms with E-state index in [1.807, 2.05) is 0 Å². The van der Waals surface area contributed by atoms with Crippen molar-refractivity contribution in [1.29, 1.82) is 0 Å². The minimum atomic E-state index is -4.98. The normalized spacial score (nSPS) is 15.1. The molecule has 1 aliphatic carbocycles. The van der Waals surface area contributed by atoms with Gasteiger partial charge in [0.25, 0.3) is 0 Å². The van der Waals surface area contributed by atoms with E-state index in [9.17, 15) is 35.9 Å². The van der Waals surface area contributed by atoms with Crippen LogP contribution in [0.3, 0.4) is 0 Å². The van der Waals surface area contributed by atoms with Crippen molar-refractivity contribution in [3.8, 4) is 5.75 Å². The van der Waals surface area contributed by atoms with Crippen LogP contribution in [0.5, 0.6) is 5.75 Å². The Morgan fingerprint density at radius 2 is 1.62 bits per heavy atom. The van der Waals surface area contributed by atoms with Gasteiger partial charge in [0.2, 0.25) is 5.91 Å². The second-order valence-corrected chi connectivity index (χ2v) is 8.49. The summed E-state index contributed by atoms with van der Waals surface area (Å²) in [7, 11) is 0. The molecule has 0 spiro atoms. The number of hydrogen-bond donors (Lipinski definition) is 2. The van der Waals surface area contributed by atoms with Gasteiger partial charge in [-0.2, -0.15) is 31.8 Å². The maximum absolute atomic E-state index is 13.1. The Balaban J connectivity index is 1.66.